The van der Waals surface area contributed by atoms with Crippen LogP contribution < -0.4 is 10.6 Å². The number of amides is 2. The standard InChI is InChI=1S/C17H21Cl2N3O2.ClH/c18-11-3-4-14(19)13(10-11)17(24)22-9-1-2-15(22)16(23)21-12-5-7-20-8-6-12;/h3-4,10,12,15,20H,1-2,5-9H2,(H,21,23);1H. The summed E-state index contributed by atoms with van der Waals surface area (Å²) in [5.74, 6) is -0.295. The van der Waals surface area contributed by atoms with Crippen molar-refractivity contribution < 1.29 is 9.59 Å². The fourth-order valence-corrected chi connectivity index (χ4v) is 3.73. The molecule has 2 aliphatic heterocycles. The number of halogens is 3. The van der Waals surface area contributed by atoms with Crippen LogP contribution in [-0.2, 0) is 4.79 Å². The van der Waals surface area contributed by atoms with Gasteiger partial charge in [-0.3, -0.25) is 9.59 Å². The summed E-state index contributed by atoms with van der Waals surface area (Å²) in [7, 11) is 0. The van der Waals surface area contributed by atoms with Crippen molar-refractivity contribution in [1.82, 2.24) is 15.5 Å². The van der Waals surface area contributed by atoms with Gasteiger partial charge in [-0.15, -0.1) is 12.4 Å². The Morgan fingerprint density at radius 1 is 1.16 bits per heavy atom. The largest absolute Gasteiger partial charge is 0.351 e. The smallest absolute Gasteiger partial charge is 0.256 e. The van der Waals surface area contributed by atoms with Crippen molar-refractivity contribution in [1.29, 1.82) is 0 Å². The molecule has 5 nitrogen and oxygen atoms in total. The van der Waals surface area contributed by atoms with Crippen molar-refractivity contribution in [2.24, 2.45) is 0 Å². The third kappa shape index (κ3) is 4.79. The summed E-state index contributed by atoms with van der Waals surface area (Å²) < 4.78 is 0. The third-order valence-electron chi connectivity index (χ3n) is 4.66. The summed E-state index contributed by atoms with van der Waals surface area (Å²) in [6.45, 7) is 2.39. The highest BCUT2D eigenvalue weighted by Gasteiger charge is 2.36. The van der Waals surface area contributed by atoms with Crippen LogP contribution in [-0.4, -0.2) is 48.4 Å². The van der Waals surface area contributed by atoms with Crippen LogP contribution in [0.25, 0.3) is 0 Å². The minimum atomic E-state index is -0.428. The minimum absolute atomic E-state index is 0. The fourth-order valence-electron chi connectivity index (χ4n) is 3.36. The summed E-state index contributed by atoms with van der Waals surface area (Å²) in [4.78, 5) is 27.1. The van der Waals surface area contributed by atoms with Gasteiger partial charge in [0.05, 0.1) is 10.6 Å². The van der Waals surface area contributed by atoms with Crippen LogP contribution in [0.3, 0.4) is 0 Å². The van der Waals surface area contributed by atoms with Gasteiger partial charge in [-0.1, -0.05) is 23.2 Å². The number of carbonyl (C=O) groups is 2. The summed E-state index contributed by atoms with van der Waals surface area (Å²) in [6.07, 6.45) is 3.34. The van der Waals surface area contributed by atoms with Gasteiger partial charge in [0.1, 0.15) is 6.04 Å². The van der Waals surface area contributed by atoms with Gasteiger partial charge in [-0.2, -0.15) is 0 Å². The molecule has 8 heteroatoms. The van der Waals surface area contributed by atoms with Crippen molar-refractivity contribution in [3.05, 3.63) is 33.8 Å². The van der Waals surface area contributed by atoms with E-state index in [9.17, 15) is 9.59 Å². The molecule has 0 aromatic heterocycles. The highest BCUT2D eigenvalue weighted by atomic mass is 35.5. The Hall–Kier alpha value is -1.01. The Kier molecular flexibility index (Phi) is 7.37. The second-order valence-corrected chi connectivity index (χ2v) is 7.16. The van der Waals surface area contributed by atoms with Crippen molar-refractivity contribution in [3.8, 4) is 0 Å². The molecule has 0 bridgehead atoms. The lowest BCUT2D eigenvalue weighted by molar-refractivity contribution is -0.125. The molecule has 25 heavy (non-hydrogen) atoms. The Morgan fingerprint density at radius 2 is 1.88 bits per heavy atom. The SMILES string of the molecule is Cl.O=C(NC1CCNCC1)C1CCCN1C(=O)c1cc(Cl)ccc1Cl. The molecule has 0 aliphatic carbocycles. The van der Waals surface area contributed by atoms with Gasteiger partial charge >= 0.3 is 0 Å². The number of rotatable bonds is 3. The maximum Gasteiger partial charge on any atom is 0.256 e. The number of hydrogen-bond donors (Lipinski definition) is 2. The molecule has 1 atom stereocenters. The molecule has 3 rings (SSSR count). The van der Waals surface area contributed by atoms with Crippen molar-refractivity contribution in [3.63, 3.8) is 0 Å². The summed E-state index contributed by atoms with van der Waals surface area (Å²) in [5, 5.41) is 7.18. The lowest BCUT2D eigenvalue weighted by Gasteiger charge is -2.28. The van der Waals surface area contributed by atoms with Gasteiger partial charge in [-0.05, 0) is 57.0 Å². The van der Waals surface area contributed by atoms with Crippen LogP contribution >= 0.6 is 35.6 Å². The second-order valence-electron chi connectivity index (χ2n) is 6.31. The average molecular weight is 407 g/mol. The number of hydrogen-bond acceptors (Lipinski definition) is 3. The molecule has 2 saturated heterocycles. The van der Waals surface area contributed by atoms with E-state index in [2.05, 4.69) is 10.6 Å². The van der Waals surface area contributed by atoms with Gasteiger partial charge in [0.15, 0.2) is 0 Å². The summed E-state index contributed by atoms with van der Waals surface area (Å²) in [6, 6.07) is 4.57. The van der Waals surface area contributed by atoms with Crippen LogP contribution in [0.4, 0.5) is 0 Å². The van der Waals surface area contributed by atoms with E-state index in [1.807, 2.05) is 0 Å². The normalized spacial score (nSPS) is 20.9. The van der Waals surface area contributed by atoms with Crippen LogP contribution in [0.5, 0.6) is 0 Å². The molecule has 2 fully saturated rings. The van der Waals surface area contributed by atoms with Gasteiger partial charge in [0, 0.05) is 17.6 Å². The summed E-state index contributed by atoms with van der Waals surface area (Å²) >= 11 is 12.1. The first-order valence-corrected chi connectivity index (χ1v) is 9.09. The molecular formula is C17H22Cl3N3O2. The molecule has 0 radical (unpaired) electrons. The van der Waals surface area contributed by atoms with Crippen molar-refractivity contribution in [2.45, 2.75) is 37.8 Å². The molecular weight excluding hydrogens is 385 g/mol. The lowest BCUT2D eigenvalue weighted by atomic mass is 10.1. The predicted octanol–water partition coefficient (Wildman–Crippen LogP) is 2.89. The Balaban J connectivity index is 0.00000225. The molecule has 1 aromatic carbocycles. The second kappa shape index (κ2) is 9.08. The number of nitrogens with one attached hydrogen (secondary N) is 2. The van der Waals surface area contributed by atoms with Crippen molar-refractivity contribution >= 4 is 47.4 Å². The van der Waals surface area contributed by atoms with Gasteiger partial charge < -0.3 is 15.5 Å². The third-order valence-corrected chi connectivity index (χ3v) is 5.23. The molecule has 2 N–H and O–H groups in total. The van der Waals surface area contributed by atoms with E-state index in [0.717, 1.165) is 32.4 Å². The number of nitrogens with zero attached hydrogens (tertiary/aromatic N) is 1. The molecule has 1 aromatic rings. The van der Waals surface area contributed by atoms with E-state index >= 15 is 0 Å². The van der Waals surface area contributed by atoms with Crippen LogP contribution in [0, 0.1) is 0 Å². The Morgan fingerprint density at radius 3 is 2.60 bits per heavy atom. The average Bonchev–Trinajstić information content (AvgIpc) is 3.07. The number of benzene rings is 1. The van der Waals surface area contributed by atoms with E-state index < -0.39 is 6.04 Å². The first-order valence-electron chi connectivity index (χ1n) is 8.33. The molecule has 0 saturated carbocycles. The zero-order valence-electron chi connectivity index (χ0n) is 13.8. The van der Waals surface area contributed by atoms with Crippen molar-refractivity contribution in [2.75, 3.05) is 19.6 Å². The maximum atomic E-state index is 12.8. The maximum absolute atomic E-state index is 12.8. The predicted molar refractivity (Wildman–Crippen MR) is 102 cm³/mol. The van der Waals surface area contributed by atoms with E-state index in [1.165, 1.54) is 0 Å². The van der Waals surface area contributed by atoms with Gasteiger partial charge in [0.2, 0.25) is 5.91 Å². The van der Waals surface area contributed by atoms with E-state index in [1.54, 1.807) is 23.1 Å². The minimum Gasteiger partial charge on any atom is -0.351 e. The first-order chi connectivity index (χ1) is 11.6. The van der Waals surface area contributed by atoms with E-state index in [4.69, 9.17) is 23.2 Å². The Labute approximate surface area is 163 Å². The zero-order chi connectivity index (χ0) is 17.1. The molecule has 2 aliphatic rings. The van der Waals surface area contributed by atoms with Crippen LogP contribution in [0.2, 0.25) is 10.0 Å². The quantitative estimate of drug-likeness (QED) is 0.811. The van der Waals surface area contributed by atoms with Crippen LogP contribution in [0.1, 0.15) is 36.0 Å². The number of likely N-dealkylation sites (tertiary alicyclic amines) is 1. The zero-order valence-corrected chi connectivity index (χ0v) is 16.1. The Bertz CT molecular complexity index is 636. The van der Waals surface area contributed by atoms with E-state index in [-0.39, 0.29) is 30.3 Å². The molecule has 2 amide bonds. The van der Waals surface area contributed by atoms with Gasteiger partial charge in [-0.25, -0.2) is 0 Å². The molecule has 2 heterocycles. The highest BCUT2D eigenvalue weighted by Crippen LogP contribution is 2.26. The fraction of sp³-hybridized carbons (Fsp3) is 0.529. The molecule has 1 unspecified atom stereocenters. The van der Waals surface area contributed by atoms with E-state index in [0.29, 0.717) is 28.6 Å². The number of carbonyl (C=O) groups excluding carboxylic acids is 2. The highest BCUT2D eigenvalue weighted by molar-refractivity contribution is 6.35. The number of piperidine rings is 1. The molecule has 138 valence electrons. The lowest BCUT2D eigenvalue weighted by Crippen LogP contribution is -2.51. The van der Waals surface area contributed by atoms with Gasteiger partial charge in [0.25, 0.3) is 5.91 Å². The molecule has 0 spiro atoms. The first kappa shape index (κ1) is 20.3. The summed E-state index contributed by atoms with van der Waals surface area (Å²) in [5.41, 5.74) is 0.353. The monoisotopic (exact) mass is 405 g/mol. The topological polar surface area (TPSA) is 61.4 Å². The van der Waals surface area contributed by atoms with Crippen LogP contribution in [0.15, 0.2) is 18.2 Å².